The summed E-state index contributed by atoms with van der Waals surface area (Å²) in [4.78, 5) is 25.4. The molecular weight excluding hydrogens is 402 g/mol. The molecule has 30 heavy (non-hydrogen) atoms. The first-order chi connectivity index (χ1) is 14.4. The molecule has 0 radical (unpaired) electrons. The number of ether oxygens (including phenoxy) is 1. The summed E-state index contributed by atoms with van der Waals surface area (Å²) in [6.07, 6.45) is -0.252. The number of carbonyl (C=O) groups excluding carboxylic acids is 2. The average Bonchev–Trinajstić information content (AvgIpc) is 3.22. The van der Waals surface area contributed by atoms with Crippen LogP contribution in [0.25, 0.3) is 0 Å². The molecule has 12 heteroatoms. The van der Waals surface area contributed by atoms with Crippen molar-refractivity contribution in [3.63, 3.8) is 0 Å². The van der Waals surface area contributed by atoms with E-state index in [1.54, 1.807) is 6.07 Å². The predicted octanol–water partition coefficient (Wildman–Crippen LogP) is 0.408. The highest BCUT2D eigenvalue weighted by Crippen LogP contribution is 2.13. The molecule has 0 saturated carbocycles. The SMILES string of the molecule is CNC(=O)c1nnc(CNC(=O)NC[C@H]2CN(Cc3ccc(F)c(F)c3)CCO2)o1. The van der Waals surface area contributed by atoms with Crippen LogP contribution in [0.15, 0.2) is 22.6 Å². The van der Waals surface area contributed by atoms with Gasteiger partial charge in [-0.3, -0.25) is 9.69 Å². The van der Waals surface area contributed by atoms with Crippen LogP contribution in [0.3, 0.4) is 0 Å². The Kier molecular flexibility index (Phi) is 7.25. The minimum Gasteiger partial charge on any atom is -0.415 e. The van der Waals surface area contributed by atoms with Crippen LogP contribution >= 0.6 is 0 Å². The number of hydrogen-bond donors (Lipinski definition) is 3. The Morgan fingerprint density at radius 3 is 2.83 bits per heavy atom. The molecule has 0 unspecified atom stereocenters. The second-order valence-electron chi connectivity index (χ2n) is 6.62. The van der Waals surface area contributed by atoms with Crippen LogP contribution in [0.2, 0.25) is 0 Å². The molecule has 1 aliphatic heterocycles. The van der Waals surface area contributed by atoms with E-state index >= 15 is 0 Å². The topological polar surface area (TPSA) is 122 Å². The van der Waals surface area contributed by atoms with Gasteiger partial charge in [0, 0.05) is 33.2 Å². The van der Waals surface area contributed by atoms with E-state index in [1.165, 1.54) is 13.1 Å². The summed E-state index contributed by atoms with van der Waals surface area (Å²) >= 11 is 0. The van der Waals surface area contributed by atoms with E-state index < -0.39 is 23.6 Å². The first-order valence-corrected chi connectivity index (χ1v) is 9.28. The minimum absolute atomic E-state index is 0.0381. The smallest absolute Gasteiger partial charge is 0.315 e. The van der Waals surface area contributed by atoms with Crippen LogP contribution in [0, 0.1) is 11.6 Å². The van der Waals surface area contributed by atoms with Gasteiger partial charge in [0.1, 0.15) is 0 Å². The fraction of sp³-hybridized carbons (Fsp3) is 0.444. The maximum absolute atomic E-state index is 13.4. The van der Waals surface area contributed by atoms with Crippen molar-refractivity contribution in [2.75, 3.05) is 33.3 Å². The Morgan fingerprint density at radius 1 is 1.23 bits per heavy atom. The third-order valence-corrected chi connectivity index (χ3v) is 4.39. The van der Waals surface area contributed by atoms with Crippen LogP contribution in [-0.4, -0.2) is 66.4 Å². The average molecular weight is 424 g/mol. The van der Waals surface area contributed by atoms with Gasteiger partial charge in [0.25, 0.3) is 0 Å². The number of carbonyl (C=O) groups is 2. The monoisotopic (exact) mass is 424 g/mol. The first kappa shape index (κ1) is 21.6. The molecule has 1 saturated heterocycles. The molecule has 2 heterocycles. The number of nitrogens with zero attached hydrogens (tertiary/aromatic N) is 3. The normalized spacial score (nSPS) is 16.8. The standard InChI is InChI=1S/C18H22F2N6O4/c1-21-16(27)17-25-24-15(30-17)8-23-18(28)22-7-12-10-26(4-5-29-12)9-11-2-3-13(19)14(20)6-11/h2-3,6,12H,4-5,7-10H2,1H3,(H,21,27)(H2,22,23,28)/t12-/m0/s1. The molecule has 3 amide bonds. The zero-order chi connectivity index (χ0) is 21.5. The van der Waals surface area contributed by atoms with Crippen molar-refractivity contribution in [1.29, 1.82) is 0 Å². The summed E-state index contributed by atoms with van der Waals surface area (Å²) in [5.41, 5.74) is 0.663. The molecule has 0 bridgehead atoms. The van der Waals surface area contributed by atoms with Crippen molar-refractivity contribution in [3.8, 4) is 0 Å². The third-order valence-electron chi connectivity index (χ3n) is 4.39. The van der Waals surface area contributed by atoms with E-state index in [2.05, 4.69) is 26.1 Å². The lowest BCUT2D eigenvalue weighted by molar-refractivity contribution is -0.0287. The Hall–Kier alpha value is -3.12. The van der Waals surface area contributed by atoms with Crippen LogP contribution < -0.4 is 16.0 Å². The number of benzene rings is 1. The first-order valence-electron chi connectivity index (χ1n) is 9.28. The molecule has 10 nitrogen and oxygen atoms in total. The van der Waals surface area contributed by atoms with Gasteiger partial charge in [-0.2, -0.15) is 0 Å². The number of morpholine rings is 1. The van der Waals surface area contributed by atoms with Gasteiger partial charge in [-0.15, -0.1) is 10.2 Å². The molecule has 1 fully saturated rings. The van der Waals surface area contributed by atoms with Crippen LogP contribution in [0.5, 0.6) is 0 Å². The lowest BCUT2D eigenvalue weighted by Crippen LogP contribution is -2.48. The van der Waals surface area contributed by atoms with Gasteiger partial charge in [0.15, 0.2) is 11.6 Å². The molecule has 1 aromatic heterocycles. The predicted molar refractivity (Wildman–Crippen MR) is 99.3 cm³/mol. The fourth-order valence-corrected chi connectivity index (χ4v) is 2.89. The molecule has 1 aromatic carbocycles. The molecule has 1 aliphatic rings. The molecule has 3 N–H and O–H groups in total. The van der Waals surface area contributed by atoms with Crippen LogP contribution in [0.4, 0.5) is 13.6 Å². The highest BCUT2D eigenvalue weighted by molar-refractivity contribution is 5.89. The van der Waals surface area contributed by atoms with E-state index in [-0.39, 0.29) is 31.0 Å². The number of halogens is 2. The summed E-state index contributed by atoms with van der Waals surface area (Å²) in [6, 6.07) is 3.37. The van der Waals surface area contributed by atoms with Crippen molar-refractivity contribution in [1.82, 2.24) is 31.0 Å². The maximum atomic E-state index is 13.4. The summed E-state index contributed by atoms with van der Waals surface area (Å²) < 4.78 is 37.2. The quantitative estimate of drug-likeness (QED) is 0.589. The molecule has 1 atom stereocenters. The van der Waals surface area contributed by atoms with E-state index in [0.29, 0.717) is 31.8 Å². The van der Waals surface area contributed by atoms with E-state index in [0.717, 1.165) is 6.07 Å². The van der Waals surface area contributed by atoms with Gasteiger partial charge < -0.3 is 25.1 Å². The van der Waals surface area contributed by atoms with Gasteiger partial charge >= 0.3 is 17.8 Å². The highest BCUT2D eigenvalue weighted by atomic mass is 19.2. The number of rotatable bonds is 7. The van der Waals surface area contributed by atoms with Gasteiger partial charge in [-0.05, 0) is 17.7 Å². The maximum Gasteiger partial charge on any atom is 0.315 e. The zero-order valence-corrected chi connectivity index (χ0v) is 16.3. The van der Waals surface area contributed by atoms with Gasteiger partial charge in [-0.1, -0.05) is 6.07 Å². The number of aromatic nitrogens is 2. The van der Waals surface area contributed by atoms with Crippen LogP contribution in [-0.2, 0) is 17.8 Å². The molecule has 0 spiro atoms. The Balaban J connectivity index is 1.40. The molecule has 0 aliphatic carbocycles. The second kappa shape index (κ2) is 10.1. The molecule has 3 rings (SSSR count). The minimum atomic E-state index is -0.876. The number of nitrogens with one attached hydrogen (secondary N) is 3. The second-order valence-corrected chi connectivity index (χ2v) is 6.62. The van der Waals surface area contributed by atoms with Crippen molar-refractivity contribution in [2.24, 2.45) is 0 Å². The Bertz CT molecular complexity index is 893. The van der Waals surface area contributed by atoms with E-state index in [4.69, 9.17) is 9.15 Å². The molecule has 2 aromatic rings. The lowest BCUT2D eigenvalue weighted by Gasteiger charge is -2.33. The third kappa shape index (κ3) is 5.94. The highest BCUT2D eigenvalue weighted by Gasteiger charge is 2.21. The number of hydrogen-bond acceptors (Lipinski definition) is 7. The summed E-state index contributed by atoms with van der Waals surface area (Å²) in [6.45, 7) is 2.30. The van der Waals surface area contributed by atoms with Crippen molar-refractivity contribution >= 4 is 11.9 Å². The Labute approximate surface area is 171 Å². The van der Waals surface area contributed by atoms with Gasteiger partial charge in [0.2, 0.25) is 5.89 Å². The van der Waals surface area contributed by atoms with E-state index in [9.17, 15) is 18.4 Å². The largest absolute Gasteiger partial charge is 0.415 e. The number of urea groups is 1. The molecule has 162 valence electrons. The van der Waals surface area contributed by atoms with Crippen molar-refractivity contribution in [3.05, 3.63) is 47.2 Å². The summed E-state index contributed by atoms with van der Waals surface area (Å²) in [5, 5.41) is 14.8. The van der Waals surface area contributed by atoms with Gasteiger partial charge in [0.05, 0.1) is 19.3 Å². The Morgan fingerprint density at radius 2 is 2.07 bits per heavy atom. The van der Waals surface area contributed by atoms with E-state index in [1.807, 2.05) is 4.90 Å². The fourth-order valence-electron chi connectivity index (χ4n) is 2.89. The van der Waals surface area contributed by atoms with Gasteiger partial charge in [-0.25, -0.2) is 13.6 Å². The zero-order valence-electron chi connectivity index (χ0n) is 16.3. The summed E-state index contributed by atoms with van der Waals surface area (Å²) in [5.74, 6) is -2.36. The number of amides is 3. The van der Waals surface area contributed by atoms with Crippen molar-refractivity contribution < 1.29 is 27.5 Å². The van der Waals surface area contributed by atoms with Crippen molar-refractivity contribution in [2.45, 2.75) is 19.2 Å². The lowest BCUT2D eigenvalue weighted by atomic mass is 10.1. The molecular formula is C18H22F2N6O4. The summed E-state index contributed by atoms with van der Waals surface area (Å²) in [7, 11) is 1.43. The van der Waals surface area contributed by atoms with Crippen LogP contribution in [0.1, 0.15) is 22.1 Å².